The number of para-hydroxylation sites is 1. The number of nitrogens with one attached hydrogen (secondary N) is 1. The van der Waals surface area contributed by atoms with Gasteiger partial charge in [-0.1, -0.05) is 29.8 Å². The number of alkyl halides is 3. The summed E-state index contributed by atoms with van der Waals surface area (Å²) in [6.07, 6.45) is -3.91. The number of anilines is 1. The molecule has 0 bridgehead atoms. The van der Waals surface area contributed by atoms with Gasteiger partial charge in [-0.15, -0.1) is 0 Å². The maximum absolute atomic E-state index is 13.6. The number of benzene rings is 2. The predicted octanol–water partition coefficient (Wildman–Crippen LogP) is 5.56. The minimum Gasteiger partial charge on any atom is -0.321 e. The maximum Gasteiger partial charge on any atom is 0.434 e. The molecule has 0 aliphatic rings. The van der Waals surface area contributed by atoms with E-state index in [-0.39, 0.29) is 10.7 Å². The summed E-state index contributed by atoms with van der Waals surface area (Å²) in [6.45, 7) is 0. The predicted molar refractivity (Wildman–Crippen MR) is 95.7 cm³/mol. The summed E-state index contributed by atoms with van der Waals surface area (Å²) in [6, 6.07) is 12.4. The van der Waals surface area contributed by atoms with Gasteiger partial charge in [0, 0.05) is 9.50 Å². The molecule has 1 N–H and O–H groups in total. The number of hydrogen-bond acceptors (Lipinski definition) is 2. The summed E-state index contributed by atoms with van der Waals surface area (Å²) in [5.41, 5.74) is -1.32. The van der Waals surface area contributed by atoms with Gasteiger partial charge in [-0.3, -0.25) is 4.79 Å². The van der Waals surface area contributed by atoms with Gasteiger partial charge in [-0.25, -0.2) is 4.68 Å². The van der Waals surface area contributed by atoms with Crippen molar-refractivity contribution in [1.29, 1.82) is 0 Å². The minimum absolute atomic E-state index is 0.102. The average Bonchev–Trinajstić information content (AvgIpc) is 3.02. The third kappa shape index (κ3) is 3.76. The van der Waals surface area contributed by atoms with Gasteiger partial charge >= 0.3 is 6.18 Å². The molecular formula is C17H10BrClF3N3O. The van der Waals surface area contributed by atoms with Gasteiger partial charge in [0.05, 0.1) is 23.1 Å². The van der Waals surface area contributed by atoms with Crippen molar-refractivity contribution in [3.05, 3.63) is 75.5 Å². The van der Waals surface area contributed by atoms with Gasteiger partial charge in [-0.05, 0) is 46.3 Å². The fraction of sp³-hybridized carbons (Fsp3) is 0.0588. The molecule has 26 heavy (non-hydrogen) atoms. The Morgan fingerprint density at radius 2 is 1.88 bits per heavy atom. The highest BCUT2D eigenvalue weighted by molar-refractivity contribution is 9.10. The molecule has 3 rings (SSSR count). The molecule has 3 aromatic rings. The van der Waals surface area contributed by atoms with Crippen LogP contribution in [0.2, 0.25) is 5.02 Å². The van der Waals surface area contributed by atoms with Crippen molar-refractivity contribution in [3.8, 4) is 5.69 Å². The van der Waals surface area contributed by atoms with E-state index < -0.39 is 23.3 Å². The molecule has 0 atom stereocenters. The Morgan fingerprint density at radius 1 is 1.15 bits per heavy atom. The number of rotatable bonds is 3. The van der Waals surface area contributed by atoms with Crippen LogP contribution >= 0.6 is 27.5 Å². The van der Waals surface area contributed by atoms with Crippen LogP contribution in [0.1, 0.15) is 16.1 Å². The zero-order valence-corrected chi connectivity index (χ0v) is 15.2. The third-order valence-corrected chi connectivity index (χ3v) is 4.38. The van der Waals surface area contributed by atoms with Crippen LogP contribution in [0.5, 0.6) is 0 Å². The first-order chi connectivity index (χ1) is 12.3. The number of halogens is 5. The van der Waals surface area contributed by atoms with Crippen LogP contribution in [0.25, 0.3) is 5.69 Å². The molecular weight excluding hydrogens is 435 g/mol. The molecule has 1 heterocycles. The Morgan fingerprint density at radius 3 is 2.54 bits per heavy atom. The van der Waals surface area contributed by atoms with E-state index in [9.17, 15) is 18.0 Å². The highest BCUT2D eigenvalue weighted by Gasteiger charge is 2.40. The molecule has 0 saturated carbocycles. The zero-order valence-electron chi connectivity index (χ0n) is 12.9. The number of carbonyl (C=O) groups is 1. The van der Waals surface area contributed by atoms with Crippen LogP contribution in [0.4, 0.5) is 18.9 Å². The zero-order chi connectivity index (χ0) is 18.9. The van der Waals surface area contributed by atoms with Crippen LogP contribution in [-0.4, -0.2) is 15.7 Å². The molecule has 0 aliphatic carbocycles. The number of hydrogen-bond donors (Lipinski definition) is 1. The fourth-order valence-electron chi connectivity index (χ4n) is 2.34. The second kappa shape index (κ2) is 7.13. The SMILES string of the molecule is O=C(Nc1ccccc1Br)c1cnn(-c2cccc(Cl)c2)c1C(F)(F)F. The second-order valence-corrected chi connectivity index (χ2v) is 6.52. The fourth-order valence-corrected chi connectivity index (χ4v) is 2.91. The van der Waals surface area contributed by atoms with E-state index in [4.69, 9.17) is 11.6 Å². The van der Waals surface area contributed by atoms with Crippen LogP contribution in [0.15, 0.2) is 59.2 Å². The number of carbonyl (C=O) groups excluding carboxylic acids is 1. The smallest absolute Gasteiger partial charge is 0.321 e. The molecule has 134 valence electrons. The topological polar surface area (TPSA) is 46.9 Å². The van der Waals surface area contributed by atoms with Crippen molar-refractivity contribution < 1.29 is 18.0 Å². The third-order valence-electron chi connectivity index (χ3n) is 3.46. The Hall–Kier alpha value is -2.32. The molecule has 0 unspecified atom stereocenters. The second-order valence-electron chi connectivity index (χ2n) is 5.23. The standard InChI is InChI=1S/C17H10BrClF3N3O/c18-13-6-1-2-7-14(13)24-16(26)12-9-23-25(15(12)17(20,21)22)11-5-3-4-10(19)8-11/h1-9H,(H,24,26). The van der Waals surface area contributed by atoms with Gasteiger partial charge in [0.2, 0.25) is 0 Å². The summed E-state index contributed by atoms with van der Waals surface area (Å²) in [5, 5.41) is 6.45. The van der Waals surface area contributed by atoms with Gasteiger partial charge in [0.15, 0.2) is 5.69 Å². The lowest BCUT2D eigenvalue weighted by molar-refractivity contribution is -0.143. The molecule has 0 fully saturated rings. The van der Waals surface area contributed by atoms with Crippen molar-refractivity contribution in [2.24, 2.45) is 0 Å². The number of aromatic nitrogens is 2. The molecule has 0 aliphatic heterocycles. The van der Waals surface area contributed by atoms with Crippen LogP contribution in [-0.2, 0) is 6.18 Å². The molecule has 0 saturated heterocycles. The van der Waals surface area contributed by atoms with Crippen molar-refractivity contribution in [1.82, 2.24) is 9.78 Å². The van der Waals surface area contributed by atoms with Crippen LogP contribution < -0.4 is 5.32 Å². The Balaban J connectivity index is 2.05. The first-order valence-corrected chi connectivity index (χ1v) is 8.41. The van der Waals surface area contributed by atoms with E-state index in [0.29, 0.717) is 14.8 Å². The Bertz CT molecular complexity index is 972. The van der Waals surface area contributed by atoms with E-state index in [1.54, 1.807) is 24.3 Å². The Labute approximate surface area is 159 Å². The quantitative estimate of drug-likeness (QED) is 0.575. The maximum atomic E-state index is 13.6. The van der Waals surface area contributed by atoms with Crippen molar-refractivity contribution in [2.75, 3.05) is 5.32 Å². The van der Waals surface area contributed by atoms with Gasteiger partial charge < -0.3 is 5.32 Å². The molecule has 1 aromatic heterocycles. The van der Waals surface area contributed by atoms with E-state index in [1.165, 1.54) is 24.3 Å². The van der Waals surface area contributed by atoms with Gasteiger partial charge in [0.25, 0.3) is 5.91 Å². The Kier molecular flexibility index (Phi) is 5.06. The molecule has 2 aromatic carbocycles. The summed E-state index contributed by atoms with van der Waals surface area (Å²) in [5.74, 6) is -0.919. The number of nitrogens with zero attached hydrogens (tertiary/aromatic N) is 2. The van der Waals surface area contributed by atoms with E-state index in [1.807, 2.05) is 0 Å². The van der Waals surface area contributed by atoms with Crippen molar-refractivity contribution >= 4 is 39.1 Å². The van der Waals surface area contributed by atoms with Gasteiger partial charge in [-0.2, -0.15) is 18.3 Å². The summed E-state index contributed by atoms with van der Waals surface area (Å²) in [7, 11) is 0. The molecule has 4 nitrogen and oxygen atoms in total. The largest absolute Gasteiger partial charge is 0.434 e. The molecule has 0 spiro atoms. The normalized spacial score (nSPS) is 11.4. The van der Waals surface area contributed by atoms with Crippen LogP contribution in [0.3, 0.4) is 0 Å². The first-order valence-electron chi connectivity index (χ1n) is 7.24. The summed E-state index contributed by atoms with van der Waals surface area (Å²) >= 11 is 9.08. The van der Waals surface area contributed by atoms with E-state index in [2.05, 4.69) is 26.3 Å². The molecule has 1 amide bonds. The lowest BCUT2D eigenvalue weighted by atomic mass is 10.2. The highest BCUT2D eigenvalue weighted by atomic mass is 79.9. The molecule has 9 heteroatoms. The first kappa shape index (κ1) is 18.5. The number of amides is 1. The monoisotopic (exact) mass is 443 g/mol. The summed E-state index contributed by atoms with van der Waals surface area (Å²) in [4.78, 5) is 12.4. The lowest BCUT2D eigenvalue weighted by Crippen LogP contribution is -2.20. The van der Waals surface area contributed by atoms with E-state index in [0.717, 1.165) is 6.20 Å². The average molecular weight is 445 g/mol. The lowest BCUT2D eigenvalue weighted by Gasteiger charge is -2.13. The highest BCUT2D eigenvalue weighted by Crippen LogP contribution is 2.34. The van der Waals surface area contributed by atoms with Crippen LogP contribution in [0, 0.1) is 0 Å². The van der Waals surface area contributed by atoms with Crippen molar-refractivity contribution in [2.45, 2.75) is 6.18 Å². The summed E-state index contributed by atoms with van der Waals surface area (Å²) < 4.78 is 42.1. The minimum atomic E-state index is -4.79. The van der Waals surface area contributed by atoms with Crippen molar-refractivity contribution in [3.63, 3.8) is 0 Å². The van der Waals surface area contributed by atoms with Gasteiger partial charge in [0.1, 0.15) is 0 Å². The van der Waals surface area contributed by atoms with E-state index >= 15 is 0 Å². The molecule has 0 radical (unpaired) electrons.